The molecule has 23 heavy (non-hydrogen) atoms. The molecule has 0 radical (unpaired) electrons. The minimum atomic E-state index is -0.291. The van der Waals surface area contributed by atoms with Crippen LogP contribution in [0.2, 0.25) is 0 Å². The number of rotatable bonds is 3. The number of carbonyl (C=O) groups is 1. The first-order valence-corrected chi connectivity index (χ1v) is 8.96. The predicted molar refractivity (Wildman–Crippen MR) is 96.0 cm³/mol. The third kappa shape index (κ3) is 3.44. The van der Waals surface area contributed by atoms with Crippen molar-refractivity contribution in [1.82, 2.24) is 0 Å². The standard InChI is InChI=1S/C18H22N2O2S/c1-3-22-16(21)14-7-9-15(10-8-14)19-17-20-18(13(2)23-17)11-5-4-6-12-18/h7-10H,2-6,11-12H2,1H3,(H,19,20). The number of ether oxygens (including phenoxy) is 1. The molecule has 1 fully saturated rings. The fourth-order valence-corrected chi connectivity index (χ4v) is 4.16. The zero-order valence-corrected chi connectivity index (χ0v) is 14.2. The number of benzene rings is 1. The van der Waals surface area contributed by atoms with Crippen LogP contribution in [-0.2, 0) is 4.74 Å². The Labute approximate surface area is 141 Å². The molecule has 1 heterocycles. The Kier molecular flexibility index (Phi) is 4.76. The largest absolute Gasteiger partial charge is 0.462 e. The predicted octanol–water partition coefficient (Wildman–Crippen LogP) is 4.59. The third-order valence-corrected chi connectivity index (χ3v) is 5.40. The lowest BCUT2D eigenvalue weighted by atomic mass is 9.82. The molecule has 0 saturated heterocycles. The second-order valence-electron chi connectivity index (χ2n) is 5.96. The van der Waals surface area contributed by atoms with E-state index in [4.69, 9.17) is 9.73 Å². The highest BCUT2D eigenvalue weighted by molar-refractivity contribution is 8.17. The van der Waals surface area contributed by atoms with Gasteiger partial charge in [0.2, 0.25) is 0 Å². The summed E-state index contributed by atoms with van der Waals surface area (Å²) in [7, 11) is 0. The molecule has 1 aliphatic heterocycles. The van der Waals surface area contributed by atoms with Crippen molar-refractivity contribution in [2.75, 3.05) is 11.9 Å². The van der Waals surface area contributed by atoms with Crippen LogP contribution >= 0.6 is 11.8 Å². The number of nitrogens with one attached hydrogen (secondary N) is 1. The van der Waals surface area contributed by atoms with Crippen LogP contribution in [0.1, 0.15) is 49.4 Å². The maximum atomic E-state index is 11.7. The van der Waals surface area contributed by atoms with Crippen LogP contribution < -0.4 is 5.32 Å². The zero-order valence-electron chi connectivity index (χ0n) is 13.4. The fraction of sp³-hybridized carbons (Fsp3) is 0.444. The Morgan fingerprint density at radius 1 is 1.30 bits per heavy atom. The van der Waals surface area contributed by atoms with Crippen LogP contribution in [0.25, 0.3) is 0 Å². The van der Waals surface area contributed by atoms with Gasteiger partial charge in [0.1, 0.15) is 0 Å². The molecule has 1 spiro atoms. The smallest absolute Gasteiger partial charge is 0.338 e. The molecule has 1 saturated carbocycles. The van der Waals surface area contributed by atoms with Gasteiger partial charge in [-0.25, -0.2) is 9.79 Å². The molecule has 1 aliphatic carbocycles. The van der Waals surface area contributed by atoms with Gasteiger partial charge in [-0.3, -0.25) is 0 Å². The van der Waals surface area contributed by atoms with Gasteiger partial charge in [0.15, 0.2) is 5.17 Å². The van der Waals surface area contributed by atoms with Gasteiger partial charge in [-0.15, -0.1) is 0 Å². The molecule has 1 N–H and O–H groups in total. The number of hydrogen-bond donors (Lipinski definition) is 1. The SMILES string of the molecule is C=C1SC(Nc2ccc(C(=O)OCC)cc2)=NC12CCCCC2. The number of esters is 1. The summed E-state index contributed by atoms with van der Waals surface area (Å²) in [6.45, 7) is 6.42. The number of nitrogens with zero attached hydrogens (tertiary/aromatic N) is 1. The van der Waals surface area contributed by atoms with E-state index in [0.29, 0.717) is 12.2 Å². The summed E-state index contributed by atoms with van der Waals surface area (Å²) < 4.78 is 4.99. The molecular weight excluding hydrogens is 308 g/mol. The highest BCUT2D eigenvalue weighted by atomic mass is 32.2. The van der Waals surface area contributed by atoms with E-state index < -0.39 is 0 Å². The van der Waals surface area contributed by atoms with Gasteiger partial charge in [0.05, 0.1) is 17.7 Å². The number of aliphatic imine (C=N–C) groups is 1. The topological polar surface area (TPSA) is 50.7 Å². The van der Waals surface area contributed by atoms with Crippen molar-refractivity contribution >= 4 is 28.6 Å². The Morgan fingerprint density at radius 2 is 2.00 bits per heavy atom. The maximum Gasteiger partial charge on any atom is 0.338 e. The van der Waals surface area contributed by atoms with Crippen molar-refractivity contribution in [2.24, 2.45) is 4.99 Å². The van der Waals surface area contributed by atoms with Gasteiger partial charge >= 0.3 is 5.97 Å². The average Bonchev–Trinajstić information content (AvgIpc) is 2.84. The Balaban J connectivity index is 1.69. The molecule has 0 amide bonds. The van der Waals surface area contributed by atoms with E-state index in [0.717, 1.165) is 28.6 Å². The van der Waals surface area contributed by atoms with Gasteiger partial charge < -0.3 is 10.1 Å². The molecule has 5 heteroatoms. The molecular formula is C18H22N2O2S. The van der Waals surface area contributed by atoms with Crippen molar-refractivity contribution in [3.63, 3.8) is 0 Å². The summed E-state index contributed by atoms with van der Waals surface area (Å²) in [6, 6.07) is 7.30. The van der Waals surface area contributed by atoms with Crippen molar-refractivity contribution in [3.05, 3.63) is 41.3 Å². The van der Waals surface area contributed by atoms with Gasteiger partial charge in [0.25, 0.3) is 0 Å². The van der Waals surface area contributed by atoms with Crippen molar-refractivity contribution < 1.29 is 9.53 Å². The number of hydrogen-bond acceptors (Lipinski definition) is 5. The Hall–Kier alpha value is -1.75. The lowest BCUT2D eigenvalue weighted by molar-refractivity contribution is 0.0526. The monoisotopic (exact) mass is 330 g/mol. The van der Waals surface area contributed by atoms with E-state index >= 15 is 0 Å². The summed E-state index contributed by atoms with van der Waals surface area (Å²) in [4.78, 5) is 17.7. The average molecular weight is 330 g/mol. The third-order valence-electron chi connectivity index (χ3n) is 4.38. The maximum absolute atomic E-state index is 11.7. The zero-order chi connectivity index (χ0) is 16.3. The van der Waals surface area contributed by atoms with Gasteiger partial charge in [0, 0.05) is 10.6 Å². The summed E-state index contributed by atoms with van der Waals surface area (Å²) in [6.07, 6.45) is 5.96. The lowest BCUT2D eigenvalue weighted by Gasteiger charge is -2.30. The first-order valence-electron chi connectivity index (χ1n) is 8.14. The van der Waals surface area contributed by atoms with Crippen LogP contribution in [0.15, 0.2) is 40.7 Å². The van der Waals surface area contributed by atoms with Gasteiger partial charge in [-0.05, 0) is 44.0 Å². The first-order chi connectivity index (χ1) is 11.1. The van der Waals surface area contributed by atoms with E-state index in [9.17, 15) is 4.79 Å². The van der Waals surface area contributed by atoms with Crippen molar-refractivity contribution in [2.45, 2.75) is 44.6 Å². The second-order valence-corrected chi connectivity index (χ2v) is 7.04. The molecule has 0 bridgehead atoms. The summed E-state index contributed by atoms with van der Waals surface area (Å²) in [5.41, 5.74) is 1.42. The molecule has 0 aromatic heterocycles. The molecule has 1 aromatic rings. The van der Waals surface area contributed by atoms with E-state index in [1.165, 1.54) is 19.3 Å². The second kappa shape index (κ2) is 6.79. The number of anilines is 1. The highest BCUT2D eigenvalue weighted by Crippen LogP contribution is 2.47. The quantitative estimate of drug-likeness (QED) is 0.823. The van der Waals surface area contributed by atoms with Crippen LogP contribution in [0, 0.1) is 0 Å². The first kappa shape index (κ1) is 16.1. The number of carbonyl (C=O) groups excluding carboxylic acids is 1. The van der Waals surface area contributed by atoms with Crippen LogP contribution in [-0.4, -0.2) is 23.3 Å². The highest BCUT2D eigenvalue weighted by Gasteiger charge is 2.40. The molecule has 0 atom stereocenters. The molecule has 122 valence electrons. The van der Waals surface area contributed by atoms with Gasteiger partial charge in [-0.2, -0.15) is 0 Å². The van der Waals surface area contributed by atoms with Crippen molar-refractivity contribution in [3.8, 4) is 0 Å². The van der Waals surface area contributed by atoms with Crippen LogP contribution in [0.3, 0.4) is 0 Å². The molecule has 1 aromatic carbocycles. The fourth-order valence-electron chi connectivity index (χ4n) is 3.10. The molecule has 3 rings (SSSR count). The van der Waals surface area contributed by atoms with Crippen molar-refractivity contribution in [1.29, 1.82) is 0 Å². The van der Waals surface area contributed by atoms with E-state index in [1.54, 1.807) is 30.8 Å². The van der Waals surface area contributed by atoms with Gasteiger partial charge in [-0.1, -0.05) is 37.6 Å². The minimum Gasteiger partial charge on any atom is -0.462 e. The molecule has 4 nitrogen and oxygen atoms in total. The summed E-state index contributed by atoms with van der Waals surface area (Å²) in [5.74, 6) is -0.291. The molecule has 0 unspecified atom stereocenters. The van der Waals surface area contributed by atoms with E-state index in [2.05, 4.69) is 11.9 Å². The lowest BCUT2D eigenvalue weighted by Crippen LogP contribution is -2.27. The van der Waals surface area contributed by atoms with E-state index in [-0.39, 0.29) is 11.5 Å². The minimum absolute atomic E-state index is 0.0594. The van der Waals surface area contributed by atoms with Crippen LogP contribution in [0.4, 0.5) is 5.69 Å². The Morgan fingerprint density at radius 3 is 2.65 bits per heavy atom. The molecule has 2 aliphatic rings. The number of thioether (sulfide) groups is 1. The van der Waals surface area contributed by atoms with E-state index in [1.807, 2.05) is 12.1 Å². The normalized spacial score (nSPS) is 19.5. The number of amidine groups is 1. The summed E-state index contributed by atoms with van der Waals surface area (Å²) >= 11 is 1.64. The summed E-state index contributed by atoms with van der Waals surface area (Å²) in [5, 5.41) is 4.24. The Bertz CT molecular complexity index is 631. The van der Waals surface area contributed by atoms with Crippen LogP contribution in [0.5, 0.6) is 0 Å².